The monoisotopic (exact) mass is 346 g/mol. The van der Waals surface area contributed by atoms with E-state index >= 15 is 0 Å². The lowest BCUT2D eigenvalue weighted by Gasteiger charge is -2.32. The van der Waals surface area contributed by atoms with E-state index in [0.717, 1.165) is 12.3 Å². The third-order valence-corrected chi connectivity index (χ3v) is 5.64. The van der Waals surface area contributed by atoms with Crippen molar-refractivity contribution in [3.05, 3.63) is 29.8 Å². The maximum absolute atomic E-state index is 10.3. The predicted octanol–water partition coefficient (Wildman–Crippen LogP) is 3.29. The van der Waals surface area contributed by atoms with Crippen molar-refractivity contribution in [1.29, 1.82) is 0 Å². The number of aliphatic hydroxyl groups excluding tert-OH is 1. The Morgan fingerprint density at radius 1 is 1.16 bits per heavy atom. The van der Waals surface area contributed by atoms with Gasteiger partial charge in [-0.05, 0) is 63.5 Å². The number of likely N-dealkylation sites (N-methyl/N-ethyl adjacent to an activating group) is 1. The summed E-state index contributed by atoms with van der Waals surface area (Å²) in [6, 6.07) is 8.97. The van der Waals surface area contributed by atoms with Gasteiger partial charge in [0.05, 0.1) is 0 Å². The van der Waals surface area contributed by atoms with Crippen molar-refractivity contribution in [3.8, 4) is 5.75 Å². The van der Waals surface area contributed by atoms with Crippen molar-refractivity contribution in [3.63, 3.8) is 0 Å². The predicted molar refractivity (Wildman–Crippen MR) is 102 cm³/mol. The summed E-state index contributed by atoms with van der Waals surface area (Å²) >= 11 is 0. The fourth-order valence-corrected chi connectivity index (χ4v) is 4.18. The molecule has 1 saturated heterocycles. The van der Waals surface area contributed by atoms with Gasteiger partial charge in [-0.3, -0.25) is 4.90 Å². The van der Waals surface area contributed by atoms with Crippen LogP contribution >= 0.6 is 0 Å². The van der Waals surface area contributed by atoms with E-state index in [-0.39, 0.29) is 0 Å². The zero-order chi connectivity index (χ0) is 17.5. The Hall–Kier alpha value is -1.10. The molecule has 1 atom stereocenters. The van der Waals surface area contributed by atoms with Crippen LogP contribution in [0.15, 0.2) is 24.3 Å². The summed E-state index contributed by atoms with van der Waals surface area (Å²) in [6.45, 7) is 4.47. The van der Waals surface area contributed by atoms with E-state index in [1.54, 1.807) is 0 Å². The molecular weight excluding hydrogens is 312 g/mol. The molecule has 1 saturated carbocycles. The normalized spacial score (nSPS) is 20.9. The van der Waals surface area contributed by atoms with Gasteiger partial charge in [0, 0.05) is 19.1 Å². The molecule has 3 rings (SSSR count). The molecule has 0 aromatic heterocycles. The lowest BCUT2D eigenvalue weighted by molar-refractivity contribution is 0.0561. The highest BCUT2D eigenvalue weighted by Gasteiger charge is 2.20. The molecule has 1 N–H and O–H groups in total. The third-order valence-electron chi connectivity index (χ3n) is 5.64. The smallest absolute Gasteiger partial charge is 0.119 e. The maximum Gasteiger partial charge on any atom is 0.119 e. The van der Waals surface area contributed by atoms with Crippen molar-refractivity contribution in [2.75, 3.05) is 33.3 Å². The van der Waals surface area contributed by atoms with Crippen LogP contribution in [0.3, 0.4) is 0 Å². The molecule has 0 bridgehead atoms. The van der Waals surface area contributed by atoms with Gasteiger partial charge in [0.1, 0.15) is 18.5 Å². The quantitative estimate of drug-likeness (QED) is 0.784. The Balaban J connectivity index is 1.42. The summed E-state index contributed by atoms with van der Waals surface area (Å²) in [6.07, 6.45) is 8.74. The second-order valence-corrected chi connectivity index (χ2v) is 7.83. The molecule has 0 radical (unpaired) electrons. The van der Waals surface area contributed by atoms with Gasteiger partial charge in [0.25, 0.3) is 0 Å². The first-order chi connectivity index (χ1) is 12.2. The topological polar surface area (TPSA) is 35.9 Å². The molecule has 1 unspecified atom stereocenters. The summed E-state index contributed by atoms with van der Waals surface area (Å²) in [5.41, 5.74) is 1.30. The first kappa shape index (κ1) is 18.7. The first-order valence-electron chi connectivity index (χ1n) is 10.0. The highest BCUT2D eigenvalue weighted by atomic mass is 16.5. The van der Waals surface area contributed by atoms with Gasteiger partial charge in [-0.25, -0.2) is 0 Å². The van der Waals surface area contributed by atoms with Crippen LogP contribution in [-0.4, -0.2) is 60.3 Å². The summed E-state index contributed by atoms with van der Waals surface area (Å²) in [4.78, 5) is 4.81. The first-order valence-corrected chi connectivity index (χ1v) is 10.0. The van der Waals surface area contributed by atoms with Gasteiger partial charge >= 0.3 is 0 Å². The van der Waals surface area contributed by atoms with E-state index in [9.17, 15) is 5.11 Å². The minimum atomic E-state index is -0.436. The average molecular weight is 347 g/mol. The molecule has 1 aliphatic heterocycles. The van der Waals surface area contributed by atoms with Crippen LogP contribution in [0, 0.1) is 0 Å². The number of rotatable bonds is 8. The van der Waals surface area contributed by atoms with Crippen LogP contribution in [0.5, 0.6) is 5.75 Å². The molecule has 0 amide bonds. The lowest BCUT2D eigenvalue weighted by Crippen LogP contribution is -2.40. The minimum Gasteiger partial charge on any atom is -0.491 e. The van der Waals surface area contributed by atoms with E-state index in [2.05, 4.69) is 35.0 Å². The van der Waals surface area contributed by atoms with Gasteiger partial charge in [0.2, 0.25) is 0 Å². The van der Waals surface area contributed by atoms with Gasteiger partial charge in [-0.15, -0.1) is 0 Å². The third kappa shape index (κ3) is 5.98. The molecule has 1 aromatic rings. The van der Waals surface area contributed by atoms with E-state index < -0.39 is 6.10 Å². The highest BCUT2D eigenvalue weighted by Crippen LogP contribution is 2.22. The Kier molecular flexibility index (Phi) is 7.14. The summed E-state index contributed by atoms with van der Waals surface area (Å²) in [5.74, 6) is 0.871. The van der Waals surface area contributed by atoms with Crippen LogP contribution in [0.25, 0.3) is 0 Å². The number of hydrogen-bond donors (Lipinski definition) is 1. The van der Waals surface area contributed by atoms with E-state index in [1.807, 2.05) is 6.07 Å². The van der Waals surface area contributed by atoms with Gasteiger partial charge < -0.3 is 14.7 Å². The maximum atomic E-state index is 10.3. The van der Waals surface area contributed by atoms with Crippen molar-refractivity contribution >= 4 is 0 Å². The van der Waals surface area contributed by atoms with Crippen LogP contribution in [0.2, 0.25) is 0 Å². The minimum absolute atomic E-state index is 0.365. The van der Waals surface area contributed by atoms with Crippen LogP contribution in [0.1, 0.15) is 50.5 Å². The fourth-order valence-electron chi connectivity index (χ4n) is 4.18. The summed E-state index contributed by atoms with van der Waals surface area (Å²) in [5, 5.41) is 10.3. The molecule has 2 aliphatic rings. The van der Waals surface area contributed by atoms with Gasteiger partial charge in [-0.1, -0.05) is 31.4 Å². The molecule has 2 fully saturated rings. The zero-order valence-corrected chi connectivity index (χ0v) is 15.7. The molecule has 140 valence electrons. The van der Waals surface area contributed by atoms with Crippen molar-refractivity contribution in [1.82, 2.24) is 9.80 Å². The zero-order valence-electron chi connectivity index (χ0n) is 15.7. The van der Waals surface area contributed by atoms with E-state index in [4.69, 9.17) is 4.74 Å². The van der Waals surface area contributed by atoms with E-state index in [0.29, 0.717) is 19.2 Å². The van der Waals surface area contributed by atoms with Crippen molar-refractivity contribution in [2.24, 2.45) is 0 Å². The Bertz CT molecular complexity index is 510. The molecule has 4 nitrogen and oxygen atoms in total. The number of likely N-dealkylation sites (tertiary alicyclic amines) is 1. The standard InChI is InChI=1S/C21H34N2O2/c1-22(19-9-3-2-4-10-19)16-20(24)17-25-21-11-7-8-18(14-21)15-23-12-5-6-13-23/h7-8,11,14,19-20,24H,2-6,9-10,12-13,15-17H2,1H3. The molecule has 1 aliphatic carbocycles. The largest absolute Gasteiger partial charge is 0.491 e. The summed E-state index contributed by atoms with van der Waals surface area (Å²) in [7, 11) is 2.13. The van der Waals surface area contributed by atoms with E-state index in [1.165, 1.54) is 63.6 Å². The van der Waals surface area contributed by atoms with Crippen molar-refractivity contribution < 1.29 is 9.84 Å². The second kappa shape index (κ2) is 9.56. The number of hydrogen-bond acceptors (Lipinski definition) is 4. The number of aliphatic hydroxyl groups is 1. The Morgan fingerprint density at radius 2 is 1.92 bits per heavy atom. The molecule has 25 heavy (non-hydrogen) atoms. The number of ether oxygens (including phenoxy) is 1. The van der Waals surface area contributed by atoms with Crippen LogP contribution < -0.4 is 4.74 Å². The van der Waals surface area contributed by atoms with Gasteiger partial charge in [0.15, 0.2) is 0 Å². The molecule has 0 spiro atoms. The van der Waals surface area contributed by atoms with Crippen LogP contribution in [0.4, 0.5) is 0 Å². The second-order valence-electron chi connectivity index (χ2n) is 7.83. The SMILES string of the molecule is CN(CC(O)COc1cccc(CN2CCCC2)c1)C1CCCCC1. The van der Waals surface area contributed by atoms with Crippen molar-refractivity contribution in [2.45, 2.75) is 63.6 Å². The average Bonchev–Trinajstić information content (AvgIpc) is 3.14. The molecule has 4 heteroatoms. The number of nitrogens with zero attached hydrogens (tertiary/aromatic N) is 2. The molecular formula is C21H34N2O2. The number of benzene rings is 1. The summed E-state index contributed by atoms with van der Waals surface area (Å²) < 4.78 is 5.87. The molecule has 1 heterocycles. The highest BCUT2D eigenvalue weighted by molar-refractivity contribution is 5.28. The Morgan fingerprint density at radius 3 is 2.68 bits per heavy atom. The Labute approximate surface area is 152 Å². The van der Waals surface area contributed by atoms with Crippen LogP contribution in [-0.2, 0) is 6.54 Å². The molecule has 1 aromatic carbocycles. The van der Waals surface area contributed by atoms with Gasteiger partial charge in [-0.2, -0.15) is 0 Å². The lowest BCUT2D eigenvalue weighted by atomic mass is 9.94. The fraction of sp³-hybridized carbons (Fsp3) is 0.714.